The number of primary amides is 2. The van der Waals surface area contributed by atoms with E-state index >= 15 is 0 Å². The zero-order valence-corrected chi connectivity index (χ0v) is 7.95. The molecule has 0 aromatic rings. The molecule has 0 saturated heterocycles. The first-order chi connectivity index (χ1) is 6.25. The lowest BCUT2D eigenvalue weighted by atomic mass is 11.2. The summed E-state index contributed by atoms with van der Waals surface area (Å²) in [5.74, 6) is 0. The van der Waals surface area contributed by atoms with Gasteiger partial charge in [-0.2, -0.15) is 16.8 Å². The average Bonchev–Trinajstić information content (AvgIpc) is 1.79. The minimum Gasteiger partial charge on any atom is -0.349 e. The van der Waals surface area contributed by atoms with Crippen molar-refractivity contribution in [1.29, 1.82) is 0 Å². The maximum Gasteiger partial charge on any atom is 0.353 e. The molecule has 0 bridgehead atoms. The Bertz CT molecular complexity index is 408. The Morgan fingerprint density at radius 2 is 1.00 bits per heavy atom. The number of carbonyl (C=O) groups excluding carboxylic acids is 2. The van der Waals surface area contributed by atoms with Crippen LogP contribution >= 0.6 is 0 Å². The number of hydrogen-bond donors (Lipinski definition) is 2. The molecule has 0 fully saturated rings. The summed E-state index contributed by atoms with van der Waals surface area (Å²) in [6.45, 7) is 0. The molecule has 0 rings (SSSR count). The number of rotatable bonds is 0. The zero-order chi connectivity index (χ0) is 11.7. The minimum absolute atomic E-state index is 1.20. The fraction of sp³-hybridized carbons (Fsp3) is 0. The molecule has 0 radical (unpaired) electrons. The number of nitrogens with two attached hydrogens (primary N) is 2. The number of urea groups is 2. The van der Waals surface area contributed by atoms with Crippen LogP contribution in [0.3, 0.4) is 0 Å². The molecule has 0 aromatic carbocycles. The quantitative estimate of drug-likeness (QED) is 0.509. The Labute approximate surface area is 80.3 Å². The molecule has 0 saturated carbocycles. The fourth-order valence-electron chi connectivity index (χ4n) is 0.147. The minimum atomic E-state index is -2.70. The highest BCUT2D eigenvalue weighted by molar-refractivity contribution is 7.62. The maximum atomic E-state index is 9.47. The van der Waals surface area contributed by atoms with Crippen LogP contribution in [-0.2, 0) is 21.0 Å². The van der Waals surface area contributed by atoms with Gasteiger partial charge in [0.05, 0.1) is 0 Å². The van der Waals surface area contributed by atoms with Crippen LogP contribution < -0.4 is 11.5 Å². The van der Waals surface area contributed by atoms with Crippen molar-refractivity contribution in [3.05, 3.63) is 0 Å². The van der Waals surface area contributed by atoms with Crippen molar-refractivity contribution in [1.82, 2.24) is 0 Å². The maximum absolute atomic E-state index is 9.47. The van der Waals surface area contributed by atoms with Gasteiger partial charge in [0.1, 0.15) is 0 Å². The van der Waals surface area contributed by atoms with Crippen molar-refractivity contribution in [2.45, 2.75) is 0 Å². The molecule has 14 heavy (non-hydrogen) atoms. The Morgan fingerprint density at radius 1 is 0.786 bits per heavy atom. The number of nitrogens with zero attached hydrogens (tertiary/aromatic N) is 2. The second-order valence-corrected chi connectivity index (χ2v) is 2.53. The van der Waals surface area contributed by atoms with Crippen LogP contribution in [0.2, 0.25) is 0 Å². The first-order valence-electron chi connectivity index (χ1n) is 2.46. The monoisotopic (exact) mass is 244 g/mol. The van der Waals surface area contributed by atoms with Gasteiger partial charge in [-0.1, -0.05) is 8.73 Å². The van der Waals surface area contributed by atoms with Gasteiger partial charge in [-0.25, -0.2) is 9.59 Å². The molecule has 0 aliphatic carbocycles. The third-order valence-corrected chi connectivity index (χ3v) is 0.987. The number of amides is 4. The number of hydrogen-bond acceptors (Lipinski definition) is 6. The SMILES string of the molecule is NC(=O)N=S(=O)=O.NC(=O)N=S(=O)=O. The molecule has 10 nitrogen and oxygen atoms in total. The molecule has 4 amide bonds. The molecule has 12 heteroatoms. The first-order valence-corrected chi connectivity index (χ1v) is 4.53. The van der Waals surface area contributed by atoms with Gasteiger partial charge in [-0.15, -0.1) is 0 Å². The molecule has 4 N–H and O–H groups in total. The Hall–Kier alpha value is -1.82. The lowest BCUT2D eigenvalue weighted by molar-refractivity contribution is 0.256. The van der Waals surface area contributed by atoms with Crippen LogP contribution in [-0.4, -0.2) is 28.9 Å². The highest BCUT2D eigenvalue weighted by Gasteiger charge is 1.81. The molecular weight excluding hydrogens is 240 g/mol. The van der Waals surface area contributed by atoms with Crippen molar-refractivity contribution in [2.24, 2.45) is 20.2 Å². The summed E-state index contributed by atoms with van der Waals surface area (Å²) in [6, 6.07) is -2.40. The van der Waals surface area contributed by atoms with E-state index in [4.69, 9.17) is 0 Å². The second kappa shape index (κ2) is 7.81. The van der Waals surface area contributed by atoms with Gasteiger partial charge in [-0.3, -0.25) is 0 Å². The second-order valence-electron chi connectivity index (χ2n) is 1.29. The van der Waals surface area contributed by atoms with Crippen LogP contribution in [0.1, 0.15) is 0 Å². The zero-order valence-electron chi connectivity index (χ0n) is 6.32. The Morgan fingerprint density at radius 3 is 1.00 bits per heavy atom. The molecule has 0 aromatic heterocycles. The molecule has 0 unspecified atom stereocenters. The van der Waals surface area contributed by atoms with Crippen molar-refractivity contribution in [2.75, 3.05) is 0 Å². The smallest absolute Gasteiger partial charge is 0.349 e. The van der Waals surface area contributed by atoms with E-state index in [9.17, 15) is 26.4 Å². The van der Waals surface area contributed by atoms with Crippen LogP contribution in [0.15, 0.2) is 8.73 Å². The largest absolute Gasteiger partial charge is 0.353 e. The molecule has 0 aliphatic rings. The topological polar surface area (TPSA) is 179 Å². The van der Waals surface area contributed by atoms with E-state index in [2.05, 4.69) is 20.2 Å². The molecule has 0 atom stereocenters. The van der Waals surface area contributed by atoms with Crippen LogP contribution in [0.4, 0.5) is 9.59 Å². The summed E-state index contributed by atoms with van der Waals surface area (Å²) in [5, 5.41) is 0. The number of carbonyl (C=O) groups is 2. The highest BCUT2D eigenvalue weighted by Crippen LogP contribution is 1.61. The van der Waals surface area contributed by atoms with E-state index in [1.54, 1.807) is 0 Å². The molecule has 80 valence electrons. The Balaban J connectivity index is 0. The third kappa shape index (κ3) is 22.5. The summed E-state index contributed by atoms with van der Waals surface area (Å²) < 4.78 is 42.0. The van der Waals surface area contributed by atoms with Crippen LogP contribution in [0, 0.1) is 0 Å². The fourth-order valence-corrected chi connectivity index (χ4v) is 0.441. The van der Waals surface area contributed by atoms with E-state index in [1.807, 2.05) is 0 Å². The van der Waals surface area contributed by atoms with Crippen molar-refractivity contribution >= 4 is 33.1 Å². The standard InChI is InChI=1S/2CH2N2O3S/c2*2-1(4)3-7(5)6/h2*(H2,2,4). The Kier molecular flexibility index (Phi) is 8.20. The summed E-state index contributed by atoms with van der Waals surface area (Å²) >= 11 is 0. The van der Waals surface area contributed by atoms with Gasteiger partial charge in [0.25, 0.3) is 0 Å². The molecular formula is C2H4N4O6S2. The predicted molar refractivity (Wildman–Crippen MR) is 41.9 cm³/mol. The van der Waals surface area contributed by atoms with Gasteiger partial charge in [0.15, 0.2) is 0 Å². The van der Waals surface area contributed by atoms with E-state index < -0.39 is 33.1 Å². The van der Waals surface area contributed by atoms with Gasteiger partial charge in [0, 0.05) is 0 Å². The third-order valence-electron chi connectivity index (χ3n) is 0.329. The van der Waals surface area contributed by atoms with Crippen molar-refractivity contribution in [3.63, 3.8) is 0 Å². The van der Waals surface area contributed by atoms with Gasteiger partial charge in [-0.05, 0) is 0 Å². The van der Waals surface area contributed by atoms with E-state index in [1.165, 1.54) is 0 Å². The summed E-state index contributed by atoms with van der Waals surface area (Å²) in [7, 11) is -5.39. The average molecular weight is 244 g/mol. The molecule has 0 spiro atoms. The summed E-state index contributed by atoms with van der Waals surface area (Å²) in [5.41, 5.74) is 8.59. The van der Waals surface area contributed by atoms with E-state index in [0.717, 1.165) is 0 Å². The first kappa shape index (κ1) is 14.7. The van der Waals surface area contributed by atoms with Crippen molar-refractivity contribution < 1.29 is 26.4 Å². The van der Waals surface area contributed by atoms with Gasteiger partial charge >= 0.3 is 33.1 Å². The van der Waals surface area contributed by atoms with Crippen LogP contribution in [0.5, 0.6) is 0 Å². The van der Waals surface area contributed by atoms with E-state index in [0.29, 0.717) is 0 Å². The lowest BCUT2D eigenvalue weighted by Crippen LogP contribution is -2.02. The van der Waals surface area contributed by atoms with Gasteiger partial charge in [0.2, 0.25) is 0 Å². The van der Waals surface area contributed by atoms with E-state index in [-0.39, 0.29) is 0 Å². The molecule has 0 aliphatic heterocycles. The summed E-state index contributed by atoms with van der Waals surface area (Å²) in [6.07, 6.45) is 0. The predicted octanol–water partition coefficient (Wildman–Crippen LogP) is -1.74. The lowest BCUT2D eigenvalue weighted by Gasteiger charge is -1.64. The van der Waals surface area contributed by atoms with Crippen molar-refractivity contribution in [3.8, 4) is 0 Å². The highest BCUT2D eigenvalue weighted by atomic mass is 32.2. The van der Waals surface area contributed by atoms with Crippen LogP contribution in [0.25, 0.3) is 0 Å². The summed E-state index contributed by atoms with van der Waals surface area (Å²) in [4.78, 5) is 18.9. The van der Waals surface area contributed by atoms with Gasteiger partial charge < -0.3 is 11.5 Å². The molecule has 0 heterocycles. The normalized spacial score (nSPS) is 7.43.